The molecule has 11 nitrogen and oxygen atoms in total. The molecular weight excluding hydrogens is 675 g/mol. The number of esters is 3. The first-order valence-corrected chi connectivity index (χ1v) is 18.4. The van der Waals surface area contributed by atoms with Crippen molar-refractivity contribution in [1.29, 1.82) is 2.56 Å². The van der Waals surface area contributed by atoms with Crippen molar-refractivity contribution >= 4 is 44.8 Å². The molecule has 0 saturated heterocycles. The van der Waals surface area contributed by atoms with Gasteiger partial charge in [0.05, 0.1) is 39.3 Å². The van der Waals surface area contributed by atoms with Gasteiger partial charge in [0.25, 0.3) is 0 Å². The van der Waals surface area contributed by atoms with Crippen LogP contribution in [0, 0.1) is 35.5 Å². The molecule has 0 aromatic heterocycles. The predicted octanol–water partition coefficient (Wildman–Crippen LogP) is 7.01. The average molecular weight is 731 g/mol. The molecule has 2 N–H and O–H groups in total. The Kier molecular flexibility index (Phi) is 18.2. The van der Waals surface area contributed by atoms with Gasteiger partial charge in [0.15, 0.2) is 0 Å². The fraction of sp³-hybridized carbons (Fsp3) is 0.538. The van der Waals surface area contributed by atoms with Crippen LogP contribution in [-0.2, 0) is 33.5 Å². The summed E-state index contributed by atoms with van der Waals surface area (Å²) < 4.78 is 28.1. The van der Waals surface area contributed by atoms with Gasteiger partial charge in [-0.2, -0.15) is 0 Å². The maximum absolute atomic E-state index is 12.2. The lowest BCUT2D eigenvalue weighted by Crippen LogP contribution is -2.30. The number of carbonyl (C=O) groups excluding carboxylic acids is 4. The number of carbonyl (C=O) groups is 6. The first kappa shape index (κ1) is 39.7. The van der Waals surface area contributed by atoms with Crippen molar-refractivity contribution in [3.05, 3.63) is 60.7 Å². The van der Waals surface area contributed by atoms with Crippen LogP contribution in [-0.4, -0.2) is 62.2 Å². The maximum Gasteiger partial charge on any atom is 0.314 e. The lowest BCUT2D eigenvalue weighted by atomic mass is 9.80. The molecule has 280 valence electrons. The number of Topliss-reactive ketones (excluding diaryl/α,β-unsaturated/α-hetero) is 1. The molecule has 0 radical (unpaired) electrons. The van der Waals surface area contributed by atoms with Crippen molar-refractivity contribution < 1.29 is 53.2 Å². The van der Waals surface area contributed by atoms with E-state index in [0.717, 1.165) is 25.7 Å². The molecule has 0 amide bonds. The van der Waals surface area contributed by atoms with E-state index in [1.165, 1.54) is 7.11 Å². The number of hydrogen-bond donors (Lipinski definition) is 2. The highest BCUT2D eigenvalue weighted by molar-refractivity contribution is 7.15. The van der Waals surface area contributed by atoms with Crippen molar-refractivity contribution in [3.63, 3.8) is 0 Å². The molecule has 2 aromatic carbocycles. The van der Waals surface area contributed by atoms with Gasteiger partial charge < -0.3 is 24.4 Å². The standard InChI is InChI=1S/C20H20O4.C10H16O3.C8H12O4.CH5P/c21-19(23-17-7-3-1-4-8-17)15-11-13-16(14-12-15)20(22)24-18-9-5-2-6-10-18;1-7(11)8-3-5-9(6-4-8)10(12)13-2;9-7(10)5-1-2-6(4-3-5)8(11)12;1-2/h1-10,15-16H,11-14H2;8-9H,3-6H2,1-2H3;5-6H,1-4H2,(H,9,10)(H,11,12);2H2,1H3/i;;;2D2. The molecule has 3 fully saturated rings. The molecule has 0 aliphatic heterocycles. The van der Waals surface area contributed by atoms with Crippen LogP contribution in [0.15, 0.2) is 60.7 Å². The highest BCUT2D eigenvalue weighted by atomic mass is 31.0. The van der Waals surface area contributed by atoms with Crippen LogP contribution >= 0.6 is 9.13 Å². The number of rotatable bonds is 8. The van der Waals surface area contributed by atoms with Gasteiger partial charge in [-0.25, -0.2) is 0 Å². The van der Waals surface area contributed by atoms with Crippen LogP contribution < -0.4 is 9.47 Å². The van der Waals surface area contributed by atoms with Crippen molar-refractivity contribution in [2.24, 2.45) is 35.5 Å². The molecule has 0 spiro atoms. The topological polar surface area (TPSA) is 171 Å². The Morgan fingerprint density at radius 3 is 1.10 bits per heavy atom. The van der Waals surface area contributed by atoms with Crippen molar-refractivity contribution in [2.45, 2.75) is 84.0 Å². The van der Waals surface area contributed by atoms with E-state index in [1.807, 2.05) is 36.4 Å². The molecular formula is C39H53O11P. The number of para-hydroxylation sites is 2. The van der Waals surface area contributed by atoms with Crippen molar-refractivity contribution in [1.82, 2.24) is 0 Å². The number of methoxy groups -OCH3 is 1. The number of benzene rings is 2. The molecule has 0 atom stereocenters. The number of hydrogen-bond acceptors (Lipinski definition) is 9. The summed E-state index contributed by atoms with van der Waals surface area (Å²) in [6, 6.07) is 18.1. The minimum Gasteiger partial charge on any atom is -0.481 e. The molecule has 0 heterocycles. The number of carboxylic acids is 2. The molecule has 3 saturated carbocycles. The van der Waals surface area contributed by atoms with Crippen molar-refractivity contribution in [2.75, 3.05) is 13.8 Å². The SMILES string of the molecule is COC(=O)C1CCC(C(C)=O)CC1.O=C(O)C1CCC(C(=O)O)CC1.O=C(Oc1ccccc1)C1CCC(C(=O)Oc2ccccc2)CC1.[2H]P([2H])C. The van der Waals surface area contributed by atoms with Crippen LogP contribution in [0.4, 0.5) is 0 Å². The Balaban J connectivity index is 0.000000284. The molecule has 5 rings (SSSR count). The normalized spacial score (nSPS) is 24.4. The van der Waals surface area contributed by atoms with E-state index < -0.39 is 21.1 Å². The lowest BCUT2D eigenvalue weighted by molar-refractivity contribution is -0.148. The Morgan fingerprint density at radius 2 is 0.824 bits per heavy atom. The summed E-state index contributed by atoms with van der Waals surface area (Å²) in [5, 5.41) is 17.2. The minimum atomic E-state index is -1.12. The summed E-state index contributed by atoms with van der Waals surface area (Å²) in [6.45, 7) is 3.19. The fourth-order valence-corrected chi connectivity index (χ4v) is 6.43. The predicted molar refractivity (Wildman–Crippen MR) is 194 cm³/mol. The Labute approximate surface area is 305 Å². The summed E-state index contributed by atoms with van der Waals surface area (Å²) in [4.78, 5) is 67.5. The lowest BCUT2D eigenvalue weighted by Gasteiger charge is -2.25. The molecule has 0 bridgehead atoms. The Hall–Kier alpha value is -4.11. The third-order valence-electron chi connectivity index (χ3n) is 9.58. The second-order valence-corrected chi connectivity index (χ2v) is 12.9. The number of carboxylic acid groups (broad SMARTS) is 2. The Morgan fingerprint density at radius 1 is 0.549 bits per heavy atom. The van der Waals surface area contributed by atoms with Gasteiger partial charge in [-0.05, 0) is 108 Å². The van der Waals surface area contributed by atoms with E-state index >= 15 is 0 Å². The molecule has 51 heavy (non-hydrogen) atoms. The quantitative estimate of drug-likeness (QED) is 0.163. The van der Waals surface area contributed by atoms with Gasteiger partial charge in [-0.1, -0.05) is 43.1 Å². The zero-order valence-corrected chi connectivity index (χ0v) is 30.6. The fourth-order valence-electron chi connectivity index (χ4n) is 6.43. The van der Waals surface area contributed by atoms with Crippen LogP contribution in [0.5, 0.6) is 11.5 Å². The minimum absolute atomic E-state index is 0.0283. The van der Waals surface area contributed by atoms with Crippen LogP contribution in [0.3, 0.4) is 0 Å². The second kappa shape index (κ2) is 23.4. The number of ether oxygens (including phenoxy) is 3. The molecule has 0 unspecified atom stereocenters. The largest absolute Gasteiger partial charge is 0.481 e. The van der Waals surface area contributed by atoms with E-state index in [1.54, 1.807) is 37.9 Å². The van der Waals surface area contributed by atoms with Crippen LogP contribution in [0.2, 0.25) is 0 Å². The average Bonchev–Trinajstić information content (AvgIpc) is 3.15. The maximum atomic E-state index is 12.2. The van der Waals surface area contributed by atoms with E-state index in [4.69, 9.17) is 22.2 Å². The molecule has 3 aliphatic rings. The molecule has 12 heteroatoms. The summed E-state index contributed by atoms with van der Waals surface area (Å²) >= 11 is 0. The first-order chi connectivity index (χ1) is 25.2. The first-order valence-electron chi connectivity index (χ1n) is 18.4. The highest BCUT2D eigenvalue weighted by Crippen LogP contribution is 2.32. The van der Waals surface area contributed by atoms with Crippen LogP contribution in [0.1, 0.15) is 84.0 Å². The van der Waals surface area contributed by atoms with E-state index in [0.29, 0.717) is 62.9 Å². The summed E-state index contributed by atoms with van der Waals surface area (Å²) in [7, 11) is 0.296. The van der Waals surface area contributed by atoms with Gasteiger partial charge in [0, 0.05) is 5.92 Å². The third kappa shape index (κ3) is 15.3. The second-order valence-electron chi connectivity index (χ2n) is 12.9. The van der Waals surface area contributed by atoms with Crippen molar-refractivity contribution in [3.8, 4) is 11.5 Å². The molecule has 2 aromatic rings. The van der Waals surface area contributed by atoms with Gasteiger partial charge >= 0.3 is 29.8 Å². The summed E-state index contributed by atoms with van der Waals surface area (Å²) in [6.07, 6.45) is 7.93. The van der Waals surface area contributed by atoms with E-state index in [2.05, 4.69) is 4.74 Å². The highest BCUT2D eigenvalue weighted by Gasteiger charge is 2.33. The van der Waals surface area contributed by atoms with Gasteiger partial charge in [-0.3, -0.25) is 28.8 Å². The summed E-state index contributed by atoms with van der Waals surface area (Å²) in [5.74, 6) is -1.48. The Bertz CT molecular complexity index is 1350. The van der Waals surface area contributed by atoms with Crippen LogP contribution in [0.25, 0.3) is 0 Å². The van der Waals surface area contributed by atoms with Gasteiger partial charge in [-0.15, -0.1) is 9.13 Å². The third-order valence-corrected chi connectivity index (χ3v) is 9.58. The molecule has 3 aliphatic carbocycles. The zero-order chi connectivity index (χ0) is 39.3. The van der Waals surface area contributed by atoms with Gasteiger partial charge in [0.1, 0.15) is 17.3 Å². The summed E-state index contributed by atoms with van der Waals surface area (Å²) in [5.41, 5.74) is 0. The smallest absolute Gasteiger partial charge is 0.314 e. The van der Waals surface area contributed by atoms with E-state index in [-0.39, 0.29) is 59.2 Å². The number of ketones is 1. The van der Waals surface area contributed by atoms with E-state index in [9.17, 15) is 28.8 Å². The monoisotopic (exact) mass is 730 g/mol. The number of aliphatic carboxylic acids is 2. The zero-order valence-electron chi connectivity index (χ0n) is 31.7. The van der Waals surface area contributed by atoms with Gasteiger partial charge in [0.2, 0.25) is 0 Å².